The van der Waals surface area contributed by atoms with Crippen molar-refractivity contribution in [1.82, 2.24) is 0 Å². The Bertz CT molecular complexity index is 1140. The second-order valence-corrected chi connectivity index (χ2v) is 7.26. The third kappa shape index (κ3) is 8.22. The van der Waals surface area contributed by atoms with Gasteiger partial charge in [0.2, 0.25) is 0 Å². The average molecular weight is 492 g/mol. The van der Waals surface area contributed by atoms with Gasteiger partial charge in [0.05, 0.1) is 40.5 Å². The maximum absolute atomic E-state index is 10.8. The summed E-state index contributed by atoms with van der Waals surface area (Å²) < 4.78 is 5.48. The molecule has 0 aliphatic rings. The fourth-order valence-electron chi connectivity index (χ4n) is 3.01. The summed E-state index contributed by atoms with van der Waals surface area (Å²) in [5, 5.41) is 14.1. The molecule has 0 fully saturated rings. The van der Waals surface area contributed by atoms with Crippen LogP contribution in [0.5, 0.6) is 5.75 Å². The molecule has 10 heteroatoms. The number of terminal acetylenes is 1. The van der Waals surface area contributed by atoms with E-state index < -0.39 is 4.92 Å². The van der Waals surface area contributed by atoms with Crippen LogP contribution in [-0.4, -0.2) is 18.6 Å². The van der Waals surface area contributed by atoms with Crippen LogP contribution in [0, 0.1) is 22.5 Å². The van der Waals surface area contributed by atoms with E-state index in [9.17, 15) is 10.1 Å². The number of hydrogen-bond donors (Lipinski definition) is 6. The molecule has 0 amide bonds. The van der Waals surface area contributed by atoms with E-state index >= 15 is 0 Å². The molecular weight excluding hydrogens is 458 g/mol. The molecule has 3 rings (SSSR count). The number of nitro groups is 1. The number of unbranched alkanes of at least 4 members (excludes halogenated alkanes) is 1. The highest BCUT2D eigenvalue weighted by Gasteiger charge is 2.10. The molecule has 0 aromatic heterocycles. The number of nitrogen functional groups attached to an aromatic ring is 1. The topological polar surface area (TPSA) is 139 Å². The lowest BCUT2D eigenvalue weighted by molar-refractivity contribution is -0.384. The number of nitrogens with two attached hydrogens (primary N) is 1. The Hall–Kier alpha value is -4.78. The first-order valence-electron chi connectivity index (χ1n) is 11.5. The minimum Gasteiger partial charge on any atom is -0.494 e. The molecule has 190 valence electrons. The quantitative estimate of drug-likeness (QED) is 0.0599. The lowest BCUT2D eigenvalue weighted by Crippen LogP contribution is -2.13. The van der Waals surface area contributed by atoms with Gasteiger partial charge in [-0.1, -0.05) is 13.8 Å². The molecule has 0 aliphatic carbocycles. The number of ether oxygens (including phenoxy) is 1. The Labute approximate surface area is 211 Å². The minimum atomic E-state index is -0.451. The standard InChI is InChI=1S/C24H27N7O3.C2H6/c1-3-4-5-14-26-17-6-8-18(9-7-17)28-30-23-15-21(25)22(16-24(23)34-2)29-27-19-10-12-20(13-11-19)31(32)33;1-2/h1,6-13,15-16,26-30H,4-5,14,25H2,2H3;1-2H3. The second kappa shape index (κ2) is 14.5. The SMILES string of the molecule is C#CCCCNc1ccc(NNc2cc(N)c(NNc3ccc([N+](=O)[O-])cc3)cc2OC)cc1.CC. The number of nitro benzene ring substituents is 1. The van der Waals surface area contributed by atoms with Gasteiger partial charge >= 0.3 is 0 Å². The predicted octanol–water partition coefficient (Wildman–Crippen LogP) is 5.92. The molecule has 0 aliphatic heterocycles. The highest BCUT2D eigenvalue weighted by atomic mass is 16.6. The molecule has 3 aromatic rings. The van der Waals surface area contributed by atoms with E-state index in [1.165, 1.54) is 12.1 Å². The van der Waals surface area contributed by atoms with Gasteiger partial charge in [-0.2, -0.15) is 0 Å². The van der Waals surface area contributed by atoms with E-state index in [1.54, 1.807) is 31.4 Å². The van der Waals surface area contributed by atoms with Crippen molar-refractivity contribution in [2.24, 2.45) is 0 Å². The Morgan fingerprint density at radius 1 is 0.917 bits per heavy atom. The molecule has 10 nitrogen and oxygen atoms in total. The zero-order chi connectivity index (χ0) is 26.3. The molecule has 0 saturated heterocycles. The largest absolute Gasteiger partial charge is 0.494 e. The Balaban J connectivity index is 0.00000222. The number of anilines is 6. The smallest absolute Gasteiger partial charge is 0.269 e. The lowest BCUT2D eigenvalue weighted by atomic mass is 10.2. The van der Waals surface area contributed by atoms with Gasteiger partial charge < -0.3 is 26.6 Å². The van der Waals surface area contributed by atoms with Crippen molar-refractivity contribution in [3.8, 4) is 18.1 Å². The number of nitrogens with one attached hydrogen (secondary N) is 5. The van der Waals surface area contributed by atoms with Gasteiger partial charge in [-0.05, 0) is 48.9 Å². The van der Waals surface area contributed by atoms with E-state index in [-0.39, 0.29) is 5.69 Å². The summed E-state index contributed by atoms with van der Waals surface area (Å²) in [6, 6.07) is 17.3. The molecule has 0 spiro atoms. The van der Waals surface area contributed by atoms with Gasteiger partial charge in [0.1, 0.15) is 5.75 Å². The van der Waals surface area contributed by atoms with Crippen LogP contribution in [0.1, 0.15) is 26.7 Å². The van der Waals surface area contributed by atoms with Gasteiger partial charge in [0.25, 0.3) is 5.69 Å². The fraction of sp³-hybridized carbons (Fsp3) is 0.231. The number of nitrogens with zero attached hydrogens (tertiary/aromatic N) is 1. The summed E-state index contributed by atoms with van der Waals surface area (Å²) >= 11 is 0. The molecule has 3 aromatic carbocycles. The number of non-ortho nitro benzene ring substituents is 1. The first kappa shape index (κ1) is 27.5. The van der Waals surface area contributed by atoms with Crippen LogP contribution in [0.2, 0.25) is 0 Å². The van der Waals surface area contributed by atoms with Crippen LogP contribution < -0.4 is 37.5 Å². The van der Waals surface area contributed by atoms with Crippen molar-refractivity contribution in [2.45, 2.75) is 26.7 Å². The van der Waals surface area contributed by atoms with Gasteiger partial charge in [-0.25, -0.2) is 0 Å². The summed E-state index contributed by atoms with van der Waals surface area (Å²) in [5.74, 6) is 3.18. The lowest BCUT2D eigenvalue weighted by Gasteiger charge is -2.18. The second-order valence-electron chi connectivity index (χ2n) is 7.26. The molecule has 0 bridgehead atoms. The highest BCUT2D eigenvalue weighted by Crippen LogP contribution is 2.33. The van der Waals surface area contributed by atoms with Crippen molar-refractivity contribution in [2.75, 3.05) is 46.4 Å². The summed E-state index contributed by atoms with van der Waals surface area (Å²) in [6.07, 6.45) is 6.94. The van der Waals surface area contributed by atoms with Gasteiger partial charge in [-0.15, -0.1) is 12.3 Å². The number of hydrazine groups is 2. The molecule has 7 N–H and O–H groups in total. The van der Waals surface area contributed by atoms with Gasteiger partial charge in [0.15, 0.2) is 0 Å². The highest BCUT2D eigenvalue weighted by molar-refractivity contribution is 5.78. The van der Waals surface area contributed by atoms with Crippen molar-refractivity contribution < 1.29 is 9.66 Å². The zero-order valence-electron chi connectivity index (χ0n) is 20.7. The molecule has 0 heterocycles. The zero-order valence-corrected chi connectivity index (χ0v) is 20.7. The third-order valence-electron chi connectivity index (χ3n) is 4.84. The first-order valence-corrected chi connectivity index (χ1v) is 11.5. The van der Waals surface area contributed by atoms with Crippen LogP contribution >= 0.6 is 0 Å². The van der Waals surface area contributed by atoms with Crippen LogP contribution in [0.25, 0.3) is 0 Å². The maximum Gasteiger partial charge on any atom is 0.269 e. The Kier molecular flexibility index (Phi) is 11.0. The van der Waals surface area contributed by atoms with Crippen molar-refractivity contribution in [3.05, 3.63) is 70.8 Å². The van der Waals surface area contributed by atoms with E-state index in [0.717, 1.165) is 30.8 Å². The molecule has 0 saturated carbocycles. The fourth-order valence-corrected chi connectivity index (χ4v) is 3.01. The molecule has 0 unspecified atom stereocenters. The van der Waals surface area contributed by atoms with Gasteiger partial charge in [-0.3, -0.25) is 21.0 Å². The third-order valence-corrected chi connectivity index (χ3v) is 4.84. The maximum atomic E-state index is 10.8. The molecular formula is C26H33N7O3. The average Bonchev–Trinajstić information content (AvgIpc) is 2.91. The summed E-state index contributed by atoms with van der Waals surface area (Å²) in [7, 11) is 1.56. The molecule has 0 radical (unpaired) electrons. The number of benzene rings is 3. The van der Waals surface area contributed by atoms with Crippen LogP contribution in [0.4, 0.5) is 39.8 Å². The Morgan fingerprint density at radius 2 is 1.47 bits per heavy atom. The van der Waals surface area contributed by atoms with Crippen LogP contribution in [-0.2, 0) is 0 Å². The monoisotopic (exact) mass is 491 g/mol. The van der Waals surface area contributed by atoms with E-state index in [0.29, 0.717) is 28.5 Å². The van der Waals surface area contributed by atoms with E-state index in [2.05, 4.69) is 32.9 Å². The van der Waals surface area contributed by atoms with Crippen molar-refractivity contribution in [3.63, 3.8) is 0 Å². The summed E-state index contributed by atoms with van der Waals surface area (Å²) in [4.78, 5) is 10.3. The number of methoxy groups -OCH3 is 1. The number of rotatable bonds is 12. The normalized spacial score (nSPS) is 9.61. The minimum absolute atomic E-state index is 0.0145. The van der Waals surface area contributed by atoms with Crippen LogP contribution in [0.15, 0.2) is 60.7 Å². The summed E-state index contributed by atoms with van der Waals surface area (Å²) in [5.41, 5.74) is 22.6. The first-order chi connectivity index (χ1) is 17.5. The molecule has 0 atom stereocenters. The number of hydrogen-bond acceptors (Lipinski definition) is 9. The van der Waals surface area contributed by atoms with Gasteiger partial charge in [0, 0.05) is 36.9 Å². The molecule has 36 heavy (non-hydrogen) atoms. The van der Waals surface area contributed by atoms with E-state index in [4.69, 9.17) is 16.9 Å². The van der Waals surface area contributed by atoms with E-state index in [1.807, 2.05) is 38.1 Å². The van der Waals surface area contributed by atoms with Crippen LogP contribution in [0.3, 0.4) is 0 Å². The Morgan fingerprint density at radius 3 is 2.03 bits per heavy atom. The predicted molar refractivity (Wildman–Crippen MR) is 149 cm³/mol. The van der Waals surface area contributed by atoms with Crippen molar-refractivity contribution in [1.29, 1.82) is 0 Å². The summed E-state index contributed by atoms with van der Waals surface area (Å²) in [6.45, 7) is 4.82. The van der Waals surface area contributed by atoms with Crippen molar-refractivity contribution >= 4 is 39.8 Å².